The van der Waals surface area contributed by atoms with E-state index in [1.165, 1.54) is 23.2 Å². The van der Waals surface area contributed by atoms with E-state index in [0.29, 0.717) is 24.5 Å². The van der Waals surface area contributed by atoms with Crippen molar-refractivity contribution in [2.75, 3.05) is 13.1 Å². The van der Waals surface area contributed by atoms with E-state index >= 15 is 0 Å². The standard InChI is InChI=1S/C16H23N3O2/c1-5-11(2)8-17-14-6-7-19(9-12(14)3)16(20)15-13(4)18-10-21-15/h8,10,17H,5-7,9H2,1-4H3. The second-order valence-electron chi connectivity index (χ2n) is 5.49. The molecule has 0 fully saturated rings. The third-order valence-corrected chi connectivity index (χ3v) is 3.85. The summed E-state index contributed by atoms with van der Waals surface area (Å²) >= 11 is 0. The summed E-state index contributed by atoms with van der Waals surface area (Å²) in [6, 6.07) is 0. The number of rotatable bonds is 4. The fourth-order valence-electron chi connectivity index (χ4n) is 2.25. The maximum Gasteiger partial charge on any atom is 0.291 e. The lowest BCUT2D eigenvalue weighted by Crippen LogP contribution is -2.38. The number of hydrogen-bond acceptors (Lipinski definition) is 4. The zero-order valence-corrected chi connectivity index (χ0v) is 13.2. The molecule has 1 N–H and O–H groups in total. The number of nitrogens with zero attached hydrogens (tertiary/aromatic N) is 2. The minimum Gasteiger partial charge on any atom is -0.438 e. The lowest BCUT2D eigenvalue weighted by atomic mass is 10.1. The average molecular weight is 289 g/mol. The first-order valence-electron chi connectivity index (χ1n) is 7.33. The maximum absolute atomic E-state index is 12.4. The molecular weight excluding hydrogens is 266 g/mol. The molecule has 0 spiro atoms. The third kappa shape index (κ3) is 3.54. The number of oxazole rings is 1. The minimum absolute atomic E-state index is 0.0799. The highest BCUT2D eigenvalue weighted by Crippen LogP contribution is 2.19. The molecule has 0 aliphatic carbocycles. The van der Waals surface area contributed by atoms with Crippen molar-refractivity contribution in [1.82, 2.24) is 15.2 Å². The predicted molar refractivity (Wildman–Crippen MR) is 81.6 cm³/mol. The molecule has 2 heterocycles. The summed E-state index contributed by atoms with van der Waals surface area (Å²) in [6.07, 6.45) is 5.24. The van der Waals surface area contributed by atoms with E-state index in [2.05, 4.69) is 37.3 Å². The molecule has 5 heteroatoms. The van der Waals surface area contributed by atoms with E-state index in [1.54, 1.807) is 6.92 Å². The highest BCUT2D eigenvalue weighted by atomic mass is 16.3. The molecule has 2 rings (SSSR count). The number of nitrogens with one attached hydrogen (secondary N) is 1. The fraction of sp³-hybridized carbons (Fsp3) is 0.500. The Kier molecular flexibility index (Phi) is 4.83. The van der Waals surface area contributed by atoms with Gasteiger partial charge in [0, 0.05) is 25.2 Å². The van der Waals surface area contributed by atoms with Gasteiger partial charge in [-0.25, -0.2) is 4.98 Å². The monoisotopic (exact) mass is 289 g/mol. The second kappa shape index (κ2) is 6.61. The van der Waals surface area contributed by atoms with Crippen molar-refractivity contribution in [3.8, 4) is 0 Å². The van der Waals surface area contributed by atoms with Crippen LogP contribution in [0.5, 0.6) is 0 Å². The molecule has 21 heavy (non-hydrogen) atoms. The van der Waals surface area contributed by atoms with Crippen LogP contribution in [-0.2, 0) is 0 Å². The summed E-state index contributed by atoms with van der Waals surface area (Å²) in [4.78, 5) is 18.2. The maximum atomic E-state index is 12.4. The number of hydrogen-bond donors (Lipinski definition) is 1. The third-order valence-electron chi connectivity index (χ3n) is 3.85. The van der Waals surface area contributed by atoms with Crippen molar-refractivity contribution in [3.05, 3.63) is 40.9 Å². The summed E-state index contributed by atoms with van der Waals surface area (Å²) in [5.74, 6) is 0.268. The highest BCUT2D eigenvalue weighted by molar-refractivity contribution is 5.92. The summed E-state index contributed by atoms with van der Waals surface area (Å²) in [6.45, 7) is 9.40. The zero-order chi connectivity index (χ0) is 15.4. The Morgan fingerprint density at radius 3 is 2.86 bits per heavy atom. The van der Waals surface area contributed by atoms with Crippen molar-refractivity contribution in [2.24, 2.45) is 0 Å². The fourth-order valence-corrected chi connectivity index (χ4v) is 2.25. The van der Waals surface area contributed by atoms with Crippen molar-refractivity contribution >= 4 is 5.91 Å². The first-order chi connectivity index (χ1) is 10.0. The Labute approximate surface area is 125 Å². The van der Waals surface area contributed by atoms with E-state index in [0.717, 1.165) is 12.8 Å². The molecule has 1 aliphatic heterocycles. The van der Waals surface area contributed by atoms with Crippen LogP contribution >= 0.6 is 0 Å². The number of carbonyl (C=O) groups excluding carboxylic acids is 1. The largest absolute Gasteiger partial charge is 0.438 e. The van der Waals surface area contributed by atoms with Gasteiger partial charge in [-0.05, 0) is 39.0 Å². The van der Waals surface area contributed by atoms with Crippen molar-refractivity contribution in [3.63, 3.8) is 0 Å². The molecule has 0 atom stereocenters. The second-order valence-corrected chi connectivity index (χ2v) is 5.49. The molecule has 0 aromatic carbocycles. The lowest BCUT2D eigenvalue weighted by molar-refractivity contribution is 0.0729. The van der Waals surface area contributed by atoms with Gasteiger partial charge >= 0.3 is 0 Å². The molecule has 1 aromatic rings. The number of carbonyl (C=O) groups is 1. The van der Waals surface area contributed by atoms with Crippen LogP contribution in [0.15, 0.2) is 33.9 Å². The van der Waals surface area contributed by atoms with Gasteiger partial charge in [-0.3, -0.25) is 4.79 Å². The number of aryl methyl sites for hydroxylation is 1. The van der Waals surface area contributed by atoms with Crippen LogP contribution in [0.4, 0.5) is 0 Å². The van der Waals surface area contributed by atoms with Crippen molar-refractivity contribution in [2.45, 2.75) is 40.5 Å². The molecule has 1 aromatic heterocycles. The van der Waals surface area contributed by atoms with Gasteiger partial charge < -0.3 is 14.6 Å². The molecule has 1 aliphatic rings. The average Bonchev–Trinajstić information content (AvgIpc) is 2.90. The molecule has 0 radical (unpaired) electrons. The zero-order valence-electron chi connectivity index (χ0n) is 13.2. The summed E-state index contributed by atoms with van der Waals surface area (Å²) in [7, 11) is 0. The van der Waals surface area contributed by atoms with Gasteiger partial charge in [-0.2, -0.15) is 0 Å². The molecular formula is C16H23N3O2. The van der Waals surface area contributed by atoms with Crippen LogP contribution in [0.1, 0.15) is 49.9 Å². The topological polar surface area (TPSA) is 58.4 Å². The highest BCUT2D eigenvalue weighted by Gasteiger charge is 2.25. The van der Waals surface area contributed by atoms with Gasteiger partial charge in [-0.1, -0.05) is 12.5 Å². The first-order valence-corrected chi connectivity index (χ1v) is 7.33. The van der Waals surface area contributed by atoms with Crippen molar-refractivity contribution in [1.29, 1.82) is 0 Å². The van der Waals surface area contributed by atoms with Crippen LogP contribution in [-0.4, -0.2) is 28.9 Å². The SMILES string of the molecule is CCC(C)=CNC1=C(C)CN(C(=O)c2ocnc2C)CC1. The van der Waals surface area contributed by atoms with Gasteiger partial charge in [0.05, 0.1) is 5.69 Å². The van der Waals surface area contributed by atoms with E-state index in [4.69, 9.17) is 4.42 Å². The molecule has 0 unspecified atom stereocenters. The summed E-state index contributed by atoms with van der Waals surface area (Å²) < 4.78 is 5.19. The molecule has 0 bridgehead atoms. The minimum atomic E-state index is -0.0799. The van der Waals surface area contributed by atoms with Crippen LogP contribution in [0.2, 0.25) is 0 Å². The van der Waals surface area contributed by atoms with E-state index in [1.807, 2.05) is 4.90 Å². The molecule has 5 nitrogen and oxygen atoms in total. The Morgan fingerprint density at radius 2 is 2.29 bits per heavy atom. The van der Waals surface area contributed by atoms with Gasteiger partial charge in [0.25, 0.3) is 5.91 Å². The van der Waals surface area contributed by atoms with Crippen molar-refractivity contribution < 1.29 is 9.21 Å². The number of amides is 1. The van der Waals surface area contributed by atoms with Gasteiger partial charge in [0.15, 0.2) is 6.39 Å². The van der Waals surface area contributed by atoms with Gasteiger partial charge in [0.2, 0.25) is 5.76 Å². The van der Waals surface area contributed by atoms with Gasteiger partial charge in [0.1, 0.15) is 0 Å². The van der Waals surface area contributed by atoms with E-state index in [9.17, 15) is 4.79 Å². The smallest absolute Gasteiger partial charge is 0.291 e. The summed E-state index contributed by atoms with van der Waals surface area (Å²) in [5.41, 5.74) is 4.35. The number of aromatic nitrogens is 1. The Morgan fingerprint density at radius 1 is 1.52 bits per heavy atom. The van der Waals surface area contributed by atoms with Crippen LogP contribution in [0, 0.1) is 6.92 Å². The number of allylic oxidation sites excluding steroid dienone is 1. The van der Waals surface area contributed by atoms with Crippen LogP contribution in [0.25, 0.3) is 0 Å². The van der Waals surface area contributed by atoms with Crippen LogP contribution < -0.4 is 5.32 Å². The quantitative estimate of drug-likeness (QED) is 0.925. The molecule has 0 saturated heterocycles. The van der Waals surface area contributed by atoms with Crippen LogP contribution in [0.3, 0.4) is 0 Å². The molecule has 0 saturated carbocycles. The van der Waals surface area contributed by atoms with E-state index in [-0.39, 0.29) is 5.91 Å². The Hall–Kier alpha value is -2.04. The lowest BCUT2D eigenvalue weighted by Gasteiger charge is -2.29. The molecule has 1 amide bonds. The molecule has 114 valence electrons. The summed E-state index contributed by atoms with van der Waals surface area (Å²) in [5, 5.41) is 3.37. The predicted octanol–water partition coefficient (Wildman–Crippen LogP) is 3.01. The Bertz CT molecular complexity index is 584. The normalized spacial score (nSPS) is 16.4. The Balaban J connectivity index is 2.05. The van der Waals surface area contributed by atoms with Gasteiger partial charge in [-0.15, -0.1) is 0 Å². The first kappa shape index (κ1) is 15.4. The van der Waals surface area contributed by atoms with E-state index < -0.39 is 0 Å².